The van der Waals surface area contributed by atoms with Gasteiger partial charge in [-0.2, -0.15) is 5.10 Å². The van der Waals surface area contributed by atoms with Crippen LogP contribution in [0, 0.1) is 6.92 Å². The zero-order chi connectivity index (χ0) is 17.5. The number of nitrogens with zero attached hydrogens (tertiary/aromatic N) is 3. The van der Waals surface area contributed by atoms with Crippen LogP contribution in [0.15, 0.2) is 48.7 Å². The lowest BCUT2D eigenvalue weighted by atomic mass is 10.1. The first kappa shape index (κ1) is 16.6. The number of carbonyl (C=O) groups is 1. The van der Waals surface area contributed by atoms with E-state index in [2.05, 4.69) is 30.8 Å². The molecule has 0 spiro atoms. The number of benzene rings is 1. The third-order valence-electron chi connectivity index (χ3n) is 3.61. The largest absolute Gasteiger partial charge is 0.354 e. The molecule has 0 aliphatic carbocycles. The highest BCUT2D eigenvalue weighted by Gasteiger charge is 2.10. The van der Waals surface area contributed by atoms with Gasteiger partial charge < -0.3 is 10.6 Å². The fourth-order valence-corrected chi connectivity index (χ4v) is 2.31. The van der Waals surface area contributed by atoms with E-state index in [1.807, 2.05) is 43.3 Å². The maximum atomic E-state index is 12.1. The van der Waals surface area contributed by atoms with Gasteiger partial charge in [0, 0.05) is 30.5 Å². The van der Waals surface area contributed by atoms with Crippen LogP contribution >= 0.6 is 0 Å². The topological polar surface area (TPSA) is 95.6 Å². The van der Waals surface area contributed by atoms with Crippen LogP contribution in [-0.4, -0.2) is 39.2 Å². The number of hydrogen-bond donors (Lipinski definition) is 3. The van der Waals surface area contributed by atoms with Crippen molar-refractivity contribution < 1.29 is 4.79 Å². The molecule has 7 heteroatoms. The Balaban J connectivity index is 1.43. The average molecular weight is 336 g/mol. The van der Waals surface area contributed by atoms with E-state index >= 15 is 0 Å². The summed E-state index contributed by atoms with van der Waals surface area (Å²) in [7, 11) is 0. The van der Waals surface area contributed by atoms with Gasteiger partial charge in [0.05, 0.1) is 5.69 Å². The monoisotopic (exact) mass is 336 g/mol. The Morgan fingerprint density at radius 2 is 2.00 bits per heavy atom. The third kappa shape index (κ3) is 4.63. The number of carbonyl (C=O) groups excluding carboxylic acids is 1. The molecule has 1 aromatic carbocycles. The molecule has 2 heterocycles. The Kier molecular flexibility index (Phi) is 5.36. The summed E-state index contributed by atoms with van der Waals surface area (Å²) in [6.45, 7) is 3.15. The molecule has 0 saturated heterocycles. The maximum Gasteiger partial charge on any atom is 0.269 e. The number of hydrogen-bond acceptors (Lipinski definition) is 5. The van der Waals surface area contributed by atoms with Gasteiger partial charge in [0.25, 0.3) is 5.91 Å². The molecule has 0 bridgehead atoms. The minimum Gasteiger partial charge on any atom is -0.354 e. The second kappa shape index (κ2) is 8.05. The molecule has 2 aromatic heterocycles. The minimum atomic E-state index is -0.165. The molecule has 7 nitrogen and oxygen atoms in total. The number of H-pyrrole nitrogens is 1. The van der Waals surface area contributed by atoms with Crippen LogP contribution in [0.25, 0.3) is 11.3 Å². The number of rotatable bonds is 7. The van der Waals surface area contributed by atoms with Crippen molar-refractivity contribution in [3.05, 3.63) is 60.0 Å². The minimum absolute atomic E-state index is 0.165. The fourth-order valence-electron chi connectivity index (χ4n) is 2.31. The number of aryl methyl sites for hydroxylation is 1. The van der Waals surface area contributed by atoms with Crippen LogP contribution in [0.1, 0.15) is 22.6 Å². The molecule has 0 unspecified atom stereocenters. The van der Waals surface area contributed by atoms with Crippen LogP contribution in [0.3, 0.4) is 0 Å². The third-order valence-corrected chi connectivity index (χ3v) is 3.61. The van der Waals surface area contributed by atoms with E-state index in [-0.39, 0.29) is 5.91 Å². The van der Waals surface area contributed by atoms with Crippen molar-refractivity contribution in [3.8, 4) is 11.3 Å². The first-order valence-corrected chi connectivity index (χ1v) is 8.15. The molecule has 0 aliphatic rings. The molecule has 0 fully saturated rings. The SMILES string of the molecule is Cc1ccnc(NCCCNC(=O)c2cc(-c3ccccc3)n[nH]2)n1. The predicted molar refractivity (Wildman–Crippen MR) is 96.2 cm³/mol. The van der Waals surface area contributed by atoms with Gasteiger partial charge in [0.2, 0.25) is 5.95 Å². The van der Waals surface area contributed by atoms with Gasteiger partial charge in [-0.25, -0.2) is 9.97 Å². The van der Waals surface area contributed by atoms with Crippen molar-refractivity contribution in [1.82, 2.24) is 25.5 Å². The first-order valence-electron chi connectivity index (χ1n) is 8.15. The number of amides is 1. The van der Waals surface area contributed by atoms with E-state index in [0.717, 1.165) is 23.4 Å². The van der Waals surface area contributed by atoms with Crippen molar-refractivity contribution in [2.45, 2.75) is 13.3 Å². The molecular weight excluding hydrogens is 316 g/mol. The zero-order valence-electron chi connectivity index (χ0n) is 14.0. The van der Waals surface area contributed by atoms with E-state index in [1.165, 1.54) is 0 Å². The molecule has 3 N–H and O–H groups in total. The summed E-state index contributed by atoms with van der Waals surface area (Å²) in [5.41, 5.74) is 3.09. The van der Waals surface area contributed by atoms with Crippen LogP contribution in [0.2, 0.25) is 0 Å². The molecule has 0 atom stereocenters. The standard InChI is InChI=1S/C18H20N6O/c1-13-8-11-21-18(22-13)20-10-5-9-19-17(25)16-12-15(23-24-16)14-6-3-2-4-7-14/h2-4,6-8,11-12H,5,9-10H2,1H3,(H,19,25)(H,23,24)(H,20,21,22). The van der Waals surface area contributed by atoms with Crippen LogP contribution < -0.4 is 10.6 Å². The number of aromatic nitrogens is 4. The Labute approximate surface area is 145 Å². The van der Waals surface area contributed by atoms with Gasteiger partial charge in [0.1, 0.15) is 5.69 Å². The number of anilines is 1. The van der Waals surface area contributed by atoms with E-state index in [0.29, 0.717) is 24.7 Å². The Morgan fingerprint density at radius 3 is 2.80 bits per heavy atom. The van der Waals surface area contributed by atoms with Gasteiger partial charge in [-0.3, -0.25) is 9.89 Å². The van der Waals surface area contributed by atoms with Gasteiger partial charge in [-0.05, 0) is 25.5 Å². The maximum absolute atomic E-state index is 12.1. The predicted octanol–water partition coefficient (Wildman–Crippen LogP) is 2.41. The van der Waals surface area contributed by atoms with Gasteiger partial charge in [-0.1, -0.05) is 30.3 Å². The molecule has 25 heavy (non-hydrogen) atoms. The molecule has 0 radical (unpaired) electrons. The second-order valence-corrected chi connectivity index (χ2v) is 5.59. The van der Waals surface area contributed by atoms with E-state index in [9.17, 15) is 4.79 Å². The average Bonchev–Trinajstić information content (AvgIpc) is 3.12. The molecule has 3 rings (SSSR count). The molecule has 0 saturated carbocycles. The quantitative estimate of drug-likeness (QED) is 0.576. The molecule has 1 amide bonds. The smallest absolute Gasteiger partial charge is 0.269 e. The van der Waals surface area contributed by atoms with E-state index in [1.54, 1.807) is 12.3 Å². The lowest BCUT2D eigenvalue weighted by molar-refractivity contribution is 0.0948. The summed E-state index contributed by atoms with van der Waals surface area (Å²) in [5, 5.41) is 13.0. The van der Waals surface area contributed by atoms with Crippen LogP contribution in [0.4, 0.5) is 5.95 Å². The summed E-state index contributed by atoms with van der Waals surface area (Å²) in [4.78, 5) is 20.5. The lowest BCUT2D eigenvalue weighted by Crippen LogP contribution is -2.26. The zero-order valence-corrected chi connectivity index (χ0v) is 14.0. The van der Waals surface area contributed by atoms with Crippen molar-refractivity contribution in [1.29, 1.82) is 0 Å². The molecular formula is C18H20N6O. The molecule has 128 valence electrons. The van der Waals surface area contributed by atoms with Crippen molar-refractivity contribution in [2.24, 2.45) is 0 Å². The van der Waals surface area contributed by atoms with E-state index in [4.69, 9.17) is 0 Å². The van der Waals surface area contributed by atoms with Crippen molar-refractivity contribution in [3.63, 3.8) is 0 Å². The number of aromatic amines is 1. The first-order chi connectivity index (χ1) is 12.2. The Hall–Kier alpha value is -3.22. The highest BCUT2D eigenvalue weighted by atomic mass is 16.1. The van der Waals surface area contributed by atoms with Gasteiger partial charge in [0.15, 0.2) is 0 Å². The lowest BCUT2D eigenvalue weighted by Gasteiger charge is -2.06. The number of nitrogens with one attached hydrogen (secondary N) is 3. The Bertz CT molecular complexity index is 830. The van der Waals surface area contributed by atoms with Crippen LogP contribution in [-0.2, 0) is 0 Å². The van der Waals surface area contributed by atoms with Gasteiger partial charge >= 0.3 is 0 Å². The van der Waals surface area contributed by atoms with Crippen LogP contribution in [0.5, 0.6) is 0 Å². The van der Waals surface area contributed by atoms with E-state index < -0.39 is 0 Å². The summed E-state index contributed by atoms with van der Waals surface area (Å²) in [6, 6.07) is 13.3. The highest BCUT2D eigenvalue weighted by Crippen LogP contribution is 2.16. The summed E-state index contributed by atoms with van der Waals surface area (Å²) < 4.78 is 0. The summed E-state index contributed by atoms with van der Waals surface area (Å²) in [6.07, 6.45) is 2.48. The summed E-state index contributed by atoms with van der Waals surface area (Å²) in [5.74, 6) is 0.439. The second-order valence-electron chi connectivity index (χ2n) is 5.59. The highest BCUT2D eigenvalue weighted by molar-refractivity contribution is 5.93. The van der Waals surface area contributed by atoms with Gasteiger partial charge in [-0.15, -0.1) is 0 Å². The molecule has 3 aromatic rings. The summed E-state index contributed by atoms with van der Waals surface area (Å²) >= 11 is 0. The Morgan fingerprint density at radius 1 is 1.16 bits per heavy atom. The van der Waals surface area contributed by atoms with Crippen molar-refractivity contribution in [2.75, 3.05) is 18.4 Å². The molecule has 0 aliphatic heterocycles. The fraction of sp³-hybridized carbons (Fsp3) is 0.222. The van der Waals surface area contributed by atoms with Crippen molar-refractivity contribution >= 4 is 11.9 Å². The normalized spacial score (nSPS) is 10.4.